The van der Waals surface area contributed by atoms with Gasteiger partial charge in [-0.25, -0.2) is 0 Å². The van der Waals surface area contributed by atoms with Gasteiger partial charge in [0.25, 0.3) is 11.7 Å². The van der Waals surface area contributed by atoms with Gasteiger partial charge in [-0.1, -0.05) is 47.1 Å². The lowest BCUT2D eigenvalue weighted by Gasteiger charge is -2.12. The topological polar surface area (TPSA) is 29.1 Å². The van der Waals surface area contributed by atoms with Crippen LogP contribution in [0.4, 0.5) is 14.5 Å². The summed E-state index contributed by atoms with van der Waals surface area (Å²) in [6.45, 7) is 1.87. The number of hydrogen-bond acceptors (Lipinski definition) is 2. The Kier molecular flexibility index (Phi) is 5.20. The summed E-state index contributed by atoms with van der Waals surface area (Å²) in [6, 6.07) is 11.7. The first-order valence-electron chi connectivity index (χ1n) is 6.08. The number of nitrogens with one attached hydrogen (secondary N) is 1. The van der Waals surface area contributed by atoms with Crippen LogP contribution in [0.15, 0.2) is 47.4 Å². The van der Waals surface area contributed by atoms with Crippen molar-refractivity contribution >= 4 is 35.0 Å². The number of rotatable bonds is 4. The number of halogens is 3. The van der Waals surface area contributed by atoms with Gasteiger partial charge < -0.3 is 5.32 Å². The van der Waals surface area contributed by atoms with E-state index in [1.54, 1.807) is 30.3 Å². The Balaban J connectivity index is 2.27. The van der Waals surface area contributed by atoms with Gasteiger partial charge in [0.15, 0.2) is 0 Å². The second-order valence-corrected chi connectivity index (χ2v) is 5.73. The fourth-order valence-corrected chi connectivity index (χ4v) is 2.71. The van der Waals surface area contributed by atoms with Crippen molar-refractivity contribution in [2.75, 3.05) is 5.32 Å². The highest BCUT2D eigenvalue weighted by Gasteiger charge is 2.16. The molecule has 0 aliphatic rings. The minimum atomic E-state index is -2.61. The molecule has 0 radical (unpaired) electrons. The number of hydrogen-bond donors (Lipinski definition) is 1. The Bertz CT molecular complexity index is 664. The molecule has 2 aromatic rings. The zero-order chi connectivity index (χ0) is 15.4. The van der Waals surface area contributed by atoms with Crippen LogP contribution in [0.5, 0.6) is 0 Å². The van der Waals surface area contributed by atoms with Gasteiger partial charge in [-0.3, -0.25) is 4.79 Å². The van der Waals surface area contributed by atoms with Crippen molar-refractivity contribution in [2.45, 2.75) is 17.6 Å². The number of benzene rings is 2. The van der Waals surface area contributed by atoms with Crippen LogP contribution in [0.3, 0.4) is 0 Å². The van der Waals surface area contributed by atoms with Crippen molar-refractivity contribution < 1.29 is 13.6 Å². The van der Waals surface area contributed by atoms with Gasteiger partial charge in [0.2, 0.25) is 0 Å². The van der Waals surface area contributed by atoms with Crippen molar-refractivity contribution in [2.24, 2.45) is 0 Å². The summed E-state index contributed by atoms with van der Waals surface area (Å²) >= 11 is 6.23. The van der Waals surface area contributed by atoms with Crippen molar-refractivity contribution in [3.05, 3.63) is 58.6 Å². The van der Waals surface area contributed by atoms with E-state index in [-0.39, 0.29) is 21.5 Å². The van der Waals surface area contributed by atoms with Gasteiger partial charge in [-0.15, -0.1) is 0 Å². The van der Waals surface area contributed by atoms with Crippen molar-refractivity contribution in [3.8, 4) is 0 Å². The maximum atomic E-state index is 12.6. The molecule has 2 nitrogen and oxygen atoms in total. The maximum absolute atomic E-state index is 12.6. The minimum absolute atomic E-state index is 0.162. The van der Waals surface area contributed by atoms with Crippen LogP contribution in [-0.2, 0) is 0 Å². The zero-order valence-electron chi connectivity index (χ0n) is 11.1. The SMILES string of the molecule is Cc1cccc(C(=O)Nc2cccc(Cl)c2SC(F)F)c1. The van der Waals surface area contributed by atoms with Crippen LogP contribution in [0.1, 0.15) is 15.9 Å². The summed E-state index contributed by atoms with van der Waals surface area (Å²) < 4.78 is 25.2. The number of anilines is 1. The third kappa shape index (κ3) is 4.19. The van der Waals surface area contributed by atoms with E-state index in [0.717, 1.165) is 5.56 Å². The Morgan fingerprint density at radius 3 is 2.62 bits per heavy atom. The molecule has 0 aliphatic heterocycles. The summed E-state index contributed by atoms with van der Waals surface area (Å²) in [4.78, 5) is 12.3. The molecule has 0 heterocycles. The van der Waals surface area contributed by atoms with E-state index in [9.17, 15) is 13.6 Å². The first-order chi connectivity index (χ1) is 9.97. The molecule has 0 bridgehead atoms. The third-order valence-corrected chi connectivity index (χ3v) is 3.98. The molecule has 0 fully saturated rings. The third-order valence-electron chi connectivity index (χ3n) is 2.70. The molecule has 1 amide bonds. The Morgan fingerprint density at radius 2 is 1.95 bits per heavy atom. The van der Waals surface area contributed by atoms with E-state index in [1.165, 1.54) is 6.07 Å². The van der Waals surface area contributed by atoms with E-state index in [1.807, 2.05) is 13.0 Å². The molecule has 0 unspecified atom stereocenters. The lowest BCUT2D eigenvalue weighted by atomic mass is 10.1. The summed E-state index contributed by atoms with van der Waals surface area (Å²) in [5.41, 5.74) is 1.68. The number of amides is 1. The van der Waals surface area contributed by atoms with Crippen LogP contribution >= 0.6 is 23.4 Å². The molecular weight excluding hydrogens is 316 g/mol. The highest BCUT2D eigenvalue weighted by molar-refractivity contribution is 7.99. The Hall–Kier alpha value is -1.59. The Morgan fingerprint density at radius 1 is 1.24 bits per heavy atom. The summed E-state index contributed by atoms with van der Waals surface area (Å²) in [5, 5.41) is 2.81. The first kappa shape index (κ1) is 15.8. The number of carbonyl (C=O) groups is 1. The second-order valence-electron chi connectivity index (χ2n) is 4.32. The minimum Gasteiger partial charge on any atom is -0.321 e. The Labute approximate surface area is 130 Å². The molecular formula is C15H12ClF2NOS. The summed E-state index contributed by atoms with van der Waals surface area (Å²) in [5.74, 6) is -2.98. The van der Waals surface area contributed by atoms with Gasteiger partial charge in [0.05, 0.1) is 15.6 Å². The van der Waals surface area contributed by atoms with Crippen molar-refractivity contribution in [3.63, 3.8) is 0 Å². The molecule has 1 N–H and O–H groups in total. The lowest BCUT2D eigenvalue weighted by molar-refractivity contribution is 0.102. The molecule has 21 heavy (non-hydrogen) atoms. The van der Waals surface area contributed by atoms with E-state index in [4.69, 9.17) is 11.6 Å². The average Bonchev–Trinajstić information content (AvgIpc) is 2.42. The predicted molar refractivity (Wildman–Crippen MR) is 82.4 cm³/mol. The fourth-order valence-electron chi connectivity index (χ4n) is 1.80. The van der Waals surface area contributed by atoms with Crippen LogP contribution in [0.2, 0.25) is 5.02 Å². The predicted octanol–water partition coefficient (Wildman–Crippen LogP) is 5.22. The molecule has 2 aromatic carbocycles. The molecule has 2 rings (SSSR count). The summed E-state index contributed by atoms with van der Waals surface area (Å²) in [7, 11) is 0. The van der Waals surface area contributed by atoms with Crippen LogP contribution in [-0.4, -0.2) is 11.7 Å². The van der Waals surface area contributed by atoms with Crippen LogP contribution < -0.4 is 5.32 Å². The number of carbonyl (C=O) groups excluding carboxylic acids is 1. The van der Waals surface area contributed by atoms with Crippen molar-refractivity contribution in [1.82, 2.24) is 0 Å². The summed E-state index contributed by atoms with van der Waals surface area (Å²) in [6.07, 6.45) is 0. The number of thioether (sulfide) groups is 1. The maximum Gasteiger partial charge on any atom is 0.289 e. The molecule has 0 saturated carbocycles. The van der Waals surface area contributed by atoms with Gasteiger partial charge in [0.1, 0.15) is 0 Å². The first-order valence-corrected chi connectivity index (χ1v) is 7.34. The molecule has 0 spiro atoms. The van der Waals surface area contributed by atoms with Crippen LogP contribution in [0, 0.1) is 6.92 Å². The second kappa shape index (κ2) is 6.91. The molecule has 0 aliphatic carbocycles. The van der Waals surface area contributed by atoms with Gasteiger partial charge in [0, 0.05) is 5.56 Å². The van der Waals surface area contributed by atoms with E-state index < -0.39 is 5.76 Å². The lowest BCUT2D eigenvalue weighted by Crippen LogP contribution is -2.12. The molecule has 110 valence electrons. The van der Waals surface area contributed by atoms with E-state index in [2.05, 4.69) is 5.32 Å². The van der Waals surface area contributed by atoms with E-state index in [0.29, 0.717) is 17.3 Å². The molecule has 6 heteroatoms. The van der Waals surface area contributed by atoms with Crippen molar-refractivity contribution in [1.29, 1.82) is 0 Å². The molecule has 0 aromatic heterocycles. The zero-order valence-corrected chi connectivity index (χ0v) is 12.6. The van der Waals surface area contributed by atoms with Gasteiger partial charge in [-0.2, -0.15) is 8.78 Å². The smallest absolute Gasteiger partial charge is 0.289 e. The highest BCUT2D eigenvalue weighted by atomic mass is 35.5. The van der Waals surface area contributed by atoms with E-state index >= 15 is 0 Å². The van der Waals surface area contributed by atoms with Gasteiger partial charge in [-0.05, 0) is 31.2 Å². The molecule has 0 saturated heterocycles. The largest absolute Gasteiger partial charge is 0.321 e. The molecule has 0 atom stereocenters. The average molecular weight is 328 g/mol. The van der Waals surface area contributed by atoms with Crippen LogP contribution in [0.25, 0.3) is 0 Å². The number of aryl methyl sites for hydroxylation is 1. The normalized spacial score (nSPS) is 10.7. The standard InChI is InChI=1S/C15H12ClF2NOS/c1-9-4-2-5-10(8-9)14(20)19-12-7-3-6-11(16)13(12)21-15(17)18/h2-8,15H,1H3,(H,19,20). The van der Waals surface area contributed by atoms with Gasteiger partial charge >= 0.3 is 0 Å². The quantitative estimate of drug-likeness (QED) is 0.780. The highest BCUT2D eigenvalue weighted by Crippen LogP contribution is 2.37. The fraction of sp³-hybridized carbons (Fsp3) is 0.133. The number of alkyl halides is 2. The monoisotopic (exact) mass is 327 g/mol.